The molecule has 1 aromatic rings. The smallest absolute Gasteiger partial charge is 0.239 e. The van der Waals surface area contributed by atoms with Crippen LogP contribution in [0.3, 0.4) is 0 Å². The highest BCUT2D eigenvalue weighted by Crippen LogP contribution is 2.34. The van der Waals surface area contributed by atoms with Crippen LogP contribution in [-0.4, -0.2) is 45.4 Å². The van der Waals surface area contributed by atoms with E-state index in [4.69, 9.17) is 9.47 Å². The molecule has 2 atom stereocenters. The highest BCUT2D eigenvalue weighted by atomic mass is 16.5. The molecule has 1 aromatic heterocycles. The summed E-state index contributed by atoms with van der Waals surface area (Å²) in [6.07, 6.45) is 6.66. The summed E-state index contributed by atoms with van der Waals surface area (Å²) < 4.78 is 10.9. The number of methoxy groups -OCH3 is 2. The first kappa shape index (κ1) is 14.9. The third-order valence-electron chi connectivity index (χ3n) is 3.88. The fourth-order valence-electron chi connectivity index (χ4n) is 2.79. The van der Waals surface area contributed by atoms with E-state index in [0.29, 0.717) is 18.0 Å². The van der Waals surface area contributed by atoms with E-state index < -0.39 is 0 Å². The molecule has 2 rings (SSSR count). The van der Waals surface area contributed by atoms with Gasteiger partial charge in [-0.3, -0.25) is 0 Å². The van der Waals surface area contributed by atoms with Gasteiger partial charge in [0.05, 0.1) is 18.9 Å². The van der Waals surface area contributed by atoms with E-state index in [9.17, 15) is 0 Å². The van der Waals surface area contributed by atoms with E-state index in [2.05, 4.69) is 15.2 Å². The first-order valence-corrected chi connectivity index (χ1v) is 7.15. The summed E-state index contributed by atoms with van der Waals surface area (Å²) in [5.41, 5.74) is 2.07. The minimum Gasteiger partial charge on any atom is -0.479 e. The van der Waals surface area contributed by atoms with Gasteiger partial charge in [-0.25, -0.2) is 4.98 Å². The van der Waals surface area contributed by atoms with Gasteiger partial charge in [0.2, 0.25) is 5.88 Å². The number of ether oxygens (including phenoxy) is 2. The lowest BCUT2D eigenvalue weighted by molar-refractivity contribution is 0.0669. The molecule has 1 aliphatic rings. The SMILES string of the molecule is COc1nccc(N(C)C)c1NC1CCCC(OC)C1. The van der Waals surface area contributed by atoms with E-state index in [1.54, 1.807) is 20.4 Å². The van der Waals surface area contributed by atoms with E-state index >= 15 is 0 Å². The summed E-state index contributed by atoms with van der Waals surface area (Å²) in [5, 5.41) is 3.61. The Morgan fingerprint density at radius 2 is 2.10 bits per heavy atom. The van der Waals surface area contributed by atoms with Crippen molar-refractivity contribution >= 4 is 11.4 Å². The second kappa shape index (κ2) is 6.79. The number of nitrogens with zero attached hydrogens (tertiary/aromatic N) is 2. The van der Waals surface area contributed by atoms with Crippen LogP contribution < -0.4 is 15.0 Å². The lowest BCUT2D eigenvalue weighted by atomic mass is 9.92. The van der Waals surface area contributed by atoms with Crippen molar-refractivity contribution in [3.8, 4) is 5.88 Å². The van der Waals surface area contributed by atoms with Crippen molar-refractivity contribution in [3.05, 3.63) is 12.3 Å². The van der Waals surface area contributed by atoms with Crippen molar-refractivity contribution in [2.24, 2.45) is 0 Å². The summed E-state index contributed by atoms with van der Waals surface area (Å²) in [6, 6.07) is 2.41. The number of hydrogen-bond donors (Lipinski definition) is 1. The molecule has 1 N–H and O–H groups in total. The first-order chi connectivity index (χ1) is 9.65. The fourth-order valence-corrected chi connectivity index (χ4v) is 2.79. The number of aromatic nitrogens is 1. The summed E-state index contributed by atoms with van der Waals surface area (Å²) >= 11 is 0. The molecule has 20 heavy (non-hydrogen) atoms. The molecule has 0 aliphatic heterocycles. The Kier molecular flexibility index (Phi) is 5.06. The lowest BCUT2D eigenvalue weighted by Gasteiger charge is -2.31. The van der Waals surface area contributed by atoms with Crippen LogP contribution in [0.4, 0.5) is 11.4 Å². The molecule has 1 saturated carbocycles. The van der Waals surface area contributed by atoms with Gasteiger partial charge in [-0.1, -0.05) is 0 Å². The predicted molar refractivity (Wildman–Crippen MR) is 81.8 cm³/mol. The molecule has 0 saturated heterocycles. The van der Waals surface area contributed by atoms with Gasteiger partial charge in [0, 0.05) is 33.4 Å². The molecule has 5 heteroatoms. The molecule has 0 aromatic carbocycles. The van der Waals surface area contributed by atoms with Gasteiger partial charge in [-0.05, 0) is 31.7 Å². The van der Waals surface area contributed by atoms with Crippen molar-refractivity contribution < 1.29 is 9.47 Å². The van der Waals surface area contributed by atoms with Crippen molar-refractivity contribution in [2.75, 3.05) is 38.5 Å². The average Bonchev–Trinajstić information content (AvgIpc) is 2.47. The van der Waals surface area contributed by atoms with E-state index in [-0.39, 0.29) is 0 Å². The van der Waals surface area contributed by atoms with E-state index in [0.717, 1.165) is 30.6 Å². The van der Waals surface area contributed by atoms with Gasteiger partial charge in [-0.2, -0.15) is 0 Å². The standard InChI is InChI=1S/C15H25N3O2/c1-18(2)13-8-9-16-15(20-4)14(13)17-11-6-5-7-12(10-11)19-3/h8-9,11-12,17H,5-7,10H2,1-4H3. The van der Waals surface area contributed by atoms with Gasteiger partial charge in [-0.15, -0.1) is 0 Å². The zero-order valence-corrected chi connectivity index (χ0v) is 12.8. The van der Waals surface area contributed by atoms with Crippen molar-refractivity contribution in [2.45, 2.75) is 37.8 Å². The second-order valence-electron chi connectivity index (χ2n) is 5.47. The molecule has 1 aliphatic carbocycles. The normalized spacial score (nSPS) is 22.4. The Balaban J connectivity index is 2.18. The summed E-state index contributed by atoms with van der Waals surface area (Å²) in [5.74, 6) is 0.649. The van der Waals surface area contributed by atoms with Gasteiger partial charge in [0.25, 0.3) is 0 Å². The minimum absolute atomic E-state index is 0.353. The summed E-state index contributed by atoms with van der Waals surface area (Å²) in [7, 11) is 7.51. The molecule has 1 heterocycles. The highest BCUT2D eigenvalue weighted by molar-refractivity contribution is 5.74. The van der Waals surface area contributed by atoms with Crippen LogP contribution in [-0.2, 0) is 4.74 Å². The molecular weight excluding hydrogens is 254 g/mol. The first-order valence-electron chi connectivity index (χ1n) is 7.15. The predicted octanol–water partition coefficient (Wildman–Crippen LogP) is 2.53. The maximum atomic E-state index is 5.50. The molecule has 0 bridgehead atoms. The average molecular weight is 279 g/mol. The van der Waals surface area contributed by atoms with Crippen LogP contribution in [0.1, 0.15) is 25.7 Å². The number of anilines is 2. The van der Waals surface area contributed by atoms with Crippen molar-refractivity contribution in [1.29, 1.82) is 0 Å². The Morgan fingerprint density at radius 1 is 1.30 bits per heavy atom. The number of nitrogens with one attached hydrogen (secondary N) is 1. The highest BCUT2D eigenvalue weighted by Gasteiger charge is 2.24. The van der Waals surface area contributed by atoms with Gasteiger partial charge in [0.15, 0.2) is 0 Å². The third kappa shape index (κ3) is 3.33. The number of rotatable bonds is 5. The van der Waals surface area contributed by atoms with Crippen molar-refractivity contribution in [3.63, 3.8) is 0 Å². The van der Waals surface area contributed by atoms with Crippen LogP contribution in [0.5, 0.6) is 5.88 Å². The van der Waals surface area contributed by atoms with Gasteiger partial charge >= 0.3 is 0 Å². The molecule has 5 nitrogen and oxygen atoms in total. The van der Waals surface area contributed by atoms with Crippen LogP contribution in [0.15, 0.2) is 12.3 Å². The molecule has 0 spiro atoms. The third-order valence-corrected chi connectivity index (χ3v) is 3.88. The quantitative estimate of drug-likeness (QED) is 0.897. The molecule has 112 valence electrons. The zero-order valence-electron chi connectivity index (χ0n) is 12.8. The minimum atomic E-state index is 0.353. The summed E-state index contributed by atoms with van der Waals surface area (Å²) in [6.45, 7) is 0. The topological polar surface area (TPSA) is 46.6 Å². The summed E-state index contributed by atoms with van der Waals surface area (Å²) in [4.78, 5) is 6.37. The van der Waals surface area contributed by atoms with E-state index in [1.807, 2.05) is 20.2 Å². The molecule has 1 fully saturated rings. The van der Waals surface area contributed by atoms with Crippen LogP contribution in [0.2, 0.25) is 0 Å². The van der Waals surface area contributed by atoms with Crippen molar-refractivity contribution in [1.82, 2.24) is 4.98 Å². The molecule has 0 radical (unpaired) electrons. The molecular formula is C15H25N3O2. The Morgan fingerprint density at radius 3 is 2.75 bits per heavy atom. The van der Waals surface area contributed by atoms with Crippen LogP contribution in [0.25, 0.3) is 0 Å². The largest absolute Gasteiger partial charge is 0.479 e. The zero-order chi connectivity index (χ0) is 14.5. The van der Waals surface area contributed by atoms with Crippen LogP contribution >= 0.6 is 0 Å². The molecule has 0 amide bonds. The molecule has 2 unspecified atom stereocenters. The lowest BCUT2D eigenvalue weighted by Crippen LogP contribution is -2.31. The number of pyridine rings is 1. The van der Waals surface area contributed by atoms with Gasteiger partial charge in [0.1, 0.15) is 5.69 Å². The second-order valence-corrected chi connectivity index (χ2v) is 5.47. The fraction of sp³-hybridized carbons (Fsp3) is 0.667. The number of hydrogen-bond acceptors (Lipinski definition) is 5. The Labute approximate surface area is 121 Å². The maximum absolute atomic E-state index is 5.50. The Bertz CT molecular complexity index is 437. The Hall–Kier alpha value is -1.49. The van der Waals surface area contributed by atoms with Crippen LogP contribution in [0, 0.1) is 0 Å². The van der Waals surface area contributed by atoms with E-state index in [1.165, 1.54) is 6.42 Å². The van der Waals surface area contributed by atoms with Gasteiger partial charge < -0.3 is 19.7 Å². The maximum Gasteiger partial charge on any atom is 0.239 e. The monoisotopic (exact) mass is 279 g/mol.